The van der Waals surface area contributed by atoms with Crippen LogP contribution < -0.4 is 13.3 Å². The molecule has 26 heteroatoms. The van der Waals surface area contributed by atoms with Crippen molar-refractivity contribution in [2.24, 2.45) is 93.1 Å². The average molecular weight is 1970 g/mol. The number of hydrogen-bond donors (Lipinski definition) is 0. The van der Waals surface area contributed by atoms with E-state index in [1.807, 2.05) is 13.8 Å². The zero-order valence-electron chi connectivity index (χ0n) is 59.0. The molecule has 7 heterocycles. The second-order valence-corrected chi connectivity index (χ2v) is 43.7. The third kappa shape index (κ3) is 23.5. The fourth-order valence-electron chi connectivity index (χ4n) is 15.1. The van der Waals surface area contributed by atoms with Crippen molar-refractivity contribution in [3.8, 4) is 0 Å². The predicted octanol–water partition coefficient (Wildman–Crippen LogP) is 16.7. The van der Waals surface area contributed by atoms with Gasteiger partial charge in [0, 0.05) is 70.7 Å². The molecule has 91 heavy (non-hydrogen) atoms. The van der Waals surface area contributed by atoms with Gasteiger partial charge in [-0.25, -0.2) is 0 Å². The molecule has 0 aliphatic carbocycles. The van der Waals surface area contributed by atoms with Gasteiger partial charge in [0.2, 0.25) is 0 Å². The first kappa shape index (κ1) is 89.0. The minimum atomic E-state index is -1.35. The van der Waals surface area contributed by atoms with E-state index in [0.717, 1.165) is 44.9 Å². The third-order valence-corrected chi connectivity index (χ3v) is 22.4. The van der Waals surface area contributed by atoms with E-state index in [-0.39, 0.29) is 115 Å². The van der Waals surface area contributed by atoms with Crippen LogP contribution in [0.2, 0.25) is 0 Å². The first-order chi connectivity index (χ1) is 42.6. The van der Waals surface area contributed by atoms with Crippen molar-refractivity contribution < 1.29 is 70.3 Å². The van der Waals surface area contributed by atoms with Gasteiger partial charge in [0.05, 0.1) is 90.3 Å². The van der Waals surface area contributed by atoms with Crippen molar-refractivity contribution in [2.75, 3.05) is 0 Å². The van der Waals surface area contributed by atoms with Crippen LogP contribution >= 0.6 is 98.4 Å². The van der Waals surface area contributed by atoms with Gasteiger partial charge in [-0.15, -0.1) is 24.0 Å². The monoisotopic (exact) mass is 1970 g/mol. The number of hydrogen-bond acceptors (Lipinski definition) is 15. The molecule has 0 spiro atoms. The molecule has 34 atom stereocenters. The summed E-state index contributed by atoms with van der Waals surface area (Å²) in [5.74, 6) is 4.65. The number of azide groups is 2. The van der Waals surface area contributed by atoms with E-state index in [2.05, 4.69) is 240 Å². The van der Waals surface area contributed by atoms with Crippen molar-refractivity contribution >= 4 is 98.4 Å². The van der Waals surface area contributed by atoms with E-state index in [1.165, 1.54) is 0 Å². The van der Waals surface area contributed by atoms with Crippen molar-refractivity contribution in [3.63, 3.8) is 0 Å². The Kier molecular flexibility index (Phi) is 43.4. The summed E-state index contributed by atoms with van der Waals surface area (Å²) in [6.07, 6.45) is 4.38. The van der Waals surface area contributed by atoms with Crippen LogP contribution in [0.5, 0.6) is 0 Å². The van der Waals surface area contributed by atoms with Crippen LogP contribution in [0.25, 0.3) is 20.9 Å². The van der Waals surface area contributed by atoms with E-state index in [1.54, 1.807) is 0 Å². The number of ether oxygens (including phenoxy) is 11. The van der Waals surface area contributed by atoms with Gasteiger partial charge in [0.15, 0.2) is 25.2 Å². The first-order valence-corrected chi connectivity index (χ1v) is 52.9. The van der Waals surface area contributed by atoms with Crippen LogP contribution in [-0.2, 0) is 52.1 Å². The standard InChI is InChI=1S/C28H51N3O5.C19H36O3.C18H32N4O5.I3.I2.HI/c1-11-21-16(6)14(4)18(8)27(33-21)35-26-19(9)24(30-31-29)28(34-23(26)13-3)36-25-17(7)15(5)20(10)32-22(25)12-2;1-8-16-14(6)13(5)15(7)19(21-16)22-18-11(3)10-12(4)20-17(18)9-2;1-7-13-10(4)9(3)11(5)18(26-13)27-16-12(6)15(20-21-19)17(22(23)24)25-14(16)8-2;1-3-2;1-2;/h14-28H,11-13H2,1-10H3;11-19H,8-10H2,1-7H3;9-18H,7-8H2,1-6H3;;;1H/q;;;-1;;/t14-,15?,16-,17+,18?,19+,20-,21?,22?,23?,24?,25-,26-,27-,28-;11-,12?,13+,14+,15?,16?,17?,18+,19+;9-,10-,11?,12+,13?,14?,15?,16-,17-,18-;;;/m010.../s1. The topological polar surface area (TPSA) is 242 Å². The maximum absolute atomic E-state index is 11.4. The Balaban J connectivity index is 0.000000459. The molecular weight excluding hydrogens is 1850 g/mol. The van der Waals surface area contributed by atoms with E-state index < -0.39 is 48.0 Å². The zero-order valence-corrected chi connectivity index (χ0v) is 72.1. The summed E-state index contributed by atoms with van der Waals surface area (Å²) < 4.78 is 69.9. The van der Waals surface area contributed by atoms with Gasteiger partial charge >= 0.3 is 56.7 Å². The second-order valence-electron chi connectivity index (χ2n) is 27.5. The molecule has 7 rings (SSSR count). The molecule has 0 saturated carbocycles. The van der Waals surface area contributed by atoms with E-state index in [9.17, 15) is 15.6 Å². The zero-order chi connectivity index (χ0) is 68.2. The fraction of sp³-hybridized carbons (Fsp3) is 1.00. The Hall–Kier alpha value is 1.96. The summed E-state index contributed by atoms with van der Waals surface area (Å²) in [7, 11) is 0. The second kappa shape index (κ2) is 44.4. The van der Waals surface area contributed by atoms with Gasteiger partial charge in [-0.3, -0.25) is 10.1 Å². The summed E-state index contributed by atoms with van der Waals surface area (Å²) in [4.78, 5) is 16.8. The normalized spacial score (nSPS) is 45.5. The minimum absolute atomic E-state index is 0. The van der Waals surface area contributed by atoms with Crippen molar-refractivity contribution in [1.29, 1.82) is 0 Å². The van der Waals surface area contributed by atoms with E-state index in [4.69, 9.17) is 57.6 Å². The summed E-state index contributed by atoms with van der Waals surface area (Å²) in [5, 5.41) is 19.2. The molecule has 7 aliphatic rings. The fourth-order valence-corrected chi connectivity index (χ4v) is 15.1. The van der Waals surface area contributed by atoms with Gasteiger partial charge in [-0.05, 0) is 135 Å². The molecule has 0 N–H and O–H groups in total. The molecular formula is C65H120I6N7O13-. The SMILES string of the molecule is CCC1O[C@@H](O[C@@H]2C(CC)OC(C)C[C@H]2C)C(C)[C@@H](C)[C@@H]1C.CCC1O[C@@H](O[C@@H]2C(CC)O[C@@H](O[C@@H]3C(CC)O[C@@H](C)C(C)[C@H]3C)C(N=[N+]=[N-])[C@H]2C)C(C)[C@@H](C)[C@@H]1C.CCC1O[C@@H](O[C@@H]2C(CC)O[C@H]([N+](=O)[O-])C(N=[N+]=[N-])[C@H]2C)C(C)[C@@H](C)[C@@H]1C.I.II.I[I-]I. The van der Waals surface area contributed by atoms with Gasteiger partial charge in [-0.1, -0.05) is 156 Å². The summed E-state index contributed by atoms with van der Waals surface area (Å²) in [5.41, 5.74) is 18.3. The van der Waals surface area contributed by atoms with Gasteiger partial charge in [0.25, 0.3) is 0 Å². The summed E-state index contributed by atoms with van der Waals surface area (Å²) >= 11 is 9.54. The van der Waals surface area contributed by atoms with Crippen LogP contribution in [0.15, 0.2) is 10.2 Å². The molecule has 20 nitrogen and oxygen atoms in total. The maximum atomic E-state index is 11.4. The van der Waals surface area contributed by atoms with Crippen molar-refractivity contribution in [2.45, 2.75) is 333 Å². The van der Waals surface area contributed by atoms with Crippen LogP contribution in [0.1, 0.15) is 211 Å². The van der Waals surface area contributed by atoms with Crippen LogP contribution in [0, 0.1) is 93.0 Å². The van der Waals surface area contributed by atoms with E-state index in [0.29, 0.717) is 91.1 Å². The van der Waals surface area contributed by atoms with E-state index >= 15 is 0 Å². The van der Waals surface area contributed by atoms with Crippen LogP contribution in [0.4, 0.5) is 0 Å². The first-order valence-electron chi connectivity index (χ1n) is 34.1. The molecule has 0 aromatic heterocycles. The molecule has 14 unspecified atom stereocenters. The van der Waals surface area contributed by atoms with Crippen molar-refractivity contribution in [1.82, 2.24) is 0 Å². The summed E-state index contributed by atoms with van der Waals surface area (Å²) in [6.45, 7) is 50.0. The van der Waals surface area contributed by atoms with Gasteiger partial charge < -0.3 is 52.1 Å². The molecule has 7 fully saturated rings. The Labute approximate surface area is 619 Å². The quantitative estimate of drug-likeness (QED) is 0.0310. The molecule has 7 aliphatic heterocycles. The molecule has 0 aromatic rings. The van der Waals surface area contributed by atoms with Crippen molar-refractivity contribution in [3.05, 3.63) is 31.0 Å². The molecule has 0 bridgehead atoms. The predicted molar refractivity (Wildman–Crippen MR) is 401 cm³/mol. The number of nitro groups is 1. The molecule has 0 radical (unpaired) electrons. The molecule has 7 saturated heterocycles. The number of rotatable bonds is 18. The number of halogens is 6. The van der Waals surface area contributed by atoms with Crippen LogP contribution in [-0.4, -0.2) is 128 Å². The van der Waals surface area contributed by atoms with Gasteiger partial charge in [0.1, 0.15) is 6.04 Å². The Morgan fingerprint density at radius 1 is 0.429 bits per heavy atom. The molecule has 0 amide bonds. The third-order valence-electron chi connectivity index (χ3n) is 22.4. The Morgan fingerprint density at radius 3 is 1.11 bits per heavy atom. The van der Waals surface area contributed by atoms with Crippen LogP contribution in [0.3, 0.4) is 0 Å². The average Bonchev–Trinajstić information content (AvgIpc) is 0.873. The molecule has 0 aromatic carbocycles. The number of nitrogens with zero attached hydrogens (tertiary/aromatic N) is 7. The Bertz CT molecular complexity index is 2150. The molecule has 536 valence electrons. The Morgan fingerprint density at radius 2 is 0.736 bits per heavy atom. The van der Waals surface area contributed by atoms with Gasteiger partial charge in [-0.2, -0.15) is 0 Å². The summed E-state index contributed by atoms with van der Waals surface area (Å²) in [6, 6.07) is -1.42.